The van der Waals surface area contributed by atoms with E-state index in [1.54, 1.807) is 26.0 Å². The highest BCUT2D eigenvalue weighted by molar-refractivity contribution is 7.07. The Labute approximate surface area is 203 Å². The van der Waals surface area contributed by atoms with Crippen molar-refractivity contribution < 1.29 is 14.5 Å². The number of allylic oxidation sites excluding steroid dienone is 1. The highest BCUT2D eigenvalue weighted by atomic mass is 35.5. The number of esters is 1. The number of nitrogens with zero attached hydrogens (tertiary/aromatic N) is 3. The average molecular weight is 498 g/mol. The van der Waals surface area contributed by atoms with Crippen molar-refractivity contribution in [2.45, 2.75) is 26.8 Å². The van der Waals surface area contributed by atoms with Crippen LogP contribution in [0.25, 0.3) is 6.08 Å². The zero-order valence-corrected chi connectivity index (χ0v) is 20.1. The number of carbonyl (C=O) groups is 1. The molecule has 0 saturated heterocycles. The van der Waals surface area contributed by atoms with Crippen LogP contribution in [0.3, 0.4) is 0 Å². The molecule has 2 heterocycles. The van der Waals surface area contributed by atoms with Gasteiger partial charge in [0.2, 0.25) is 0 Å². The van der Waals surface area contributed by atoms with E-state index in [1.807, 2.05) is 31.2 Å². The molecule has 4 rings (SSSR count). The minimum atomic E-state index is -0.711. The molecule has 10 heteroatoms. The second-order valence-corrected chi connectivity index (χ2v) is 9.10. The number of hydrogen-bond acceptors (Lipinski definition) is 7. The topological polar surface area (TPSA) is 104 Å². The highest BCUT2D eigenvalue weighted by Gasteiger charge is 2.33. The van der Waals surface area contributed by atoms with Crippen LogP contribution in [0.2, 0.25) is 5.02 Å². The Kier molecular flexibility index (Phi) is 6.49. The van der Waals surface area contributed by atoms with Crippen LogP contribution < -0.4 is 14.9 Å². The molecule has 174 valence electrons. The Hall–Kier alpha value is -3.56. The minimum Gasteiger partial charge on any atom is -0.463 e. The summed E-state index contributed by atoms with van der Waals surface area (Å²) in [6, 6.07) is 11.2. The number of hydrogen-bond donors (Lipinski definition) is 0. The molecular weight excluding hydrogens is 478 g/mol. The molecule has 0 spiro atoms. The van der Waals surface area contributed by atoms with Crippen LogP contribution in [-0.2, 0) is 9.53 Å². The first-order valence-electron chi connectivity index (χ1n) is 10.4. The first kappa shape index (κ1) is 23.6. The molecule has 0 amide bonds. The largest absolute Gasteiger partial charge is 0.463 e. The van der Waals surface area contributed by atoms with Crippen LogP contribution in [0.5, 0.6) is 0 Å². The summed E-state index contributed by atoms with van der Waals surface area (Å²) < 4.78 is 7.08. The monoisotopic (exact) mass is 497 g/mol. The van der Waals surface area contributed by atoms with Crippen LogP contribution >= 0.6 is 22.9 Å². The van der Waals surface area contributed by atoms with Gasteiger partial charge in [-0.2, -0.15) is 0 Å². The van der Waals surface area contributed by atoms with E-state index < -0.39 is 16.9 Å². The Bertz CT molecular complexity index is 1520. The van der Waals surface area contributed by atoms with Crippen molar-refractivity contribution in [2.75, 3.05) is 6.61 Å². The van der Waals surface area contributed by atoms with Crippen molar-refractivity contribution in [1.82, 2.24) is 4.57 Å². The average Bonchev–Trinajstić information content (AvgIpc) is 3.09. The quantitative estimate of drug-likeness (QED) is 0.304. The number of carbonyl (C=O) groups excluding carboxylic acids is 1. The van der Waals surface area contributed by atoms with Gasteiger partial charge in [0.15, 0.2) is 4.80 Å². The molecule has 1 aliphatic heterocycles. The maximum absolute atomic E-state index is 13.5. The van der Waals surface area contributed by atoms with Gasteiger partial charge in [0, 0.05) is 6.07 Å². The number of aromatic nitrogens is 1. The van der Waals surface area contributed by atoms with Crippen LogP contribution in [0.4, 0.5) is 5.69 Å². The first-order valence-corrected chi connectivity index (χ1v) is 11.6. The summed E-state index contributed by atoms with van der Waals surface area (Å²) in [6.45, 7) is 5.58. The number of thiazole rings is 1. The van der Waals surface area contributed by atoms with Crippen molar-refractivity contribution in [3.8, 4) is 0 Å². The Balaban J connectivity index is 1.94. The summed E-state index contributed by atoms with van der Waals surface area (Å²) >= 11 is 7.06. The number of nitro groups is 1. The molecule has 34 heavy (non-hydrogen) atoms. The molecule has 1 atom stereocenters. The number of ether oxygens (including phenoxy) is 1. The van der Waals surface area contributed by atoms with Gasteiger partial charge in [0.05, 0.1) is 33.4 Å². The predicted octanol–water partition coefficient (Wildman–Crippen LogP) is 3.67. The van der Waals surface area contributed by atoms with Crippen LogP contribution in [-0.4, -0.2) is 22.1 Å². The maximum atomic E-state index is 13.5. The third-order valence-corrected chi connectivity index (χ3v) is 6.68. The van der Waals surface area contributed by atoms with Gasteiger partial charge in [-0.3, -0.25) is 19.5 Å². The van der Waals surface area contributed by atoms with Gasteiger partial charge in [-0.1, -0.05) is 58.8 Å². The zero-order valence-electron chi connectivity index (χ0n) is 18.6. The zero-order chi connectivity index (χ0) is 24.6. The lowest BCUT2D eigenvalue weighted by molar-refractivity contribution is -0.384. The van der Waals surface area contributed by atoms with Gasteiger partial charge in [0.25, 0.3) is 11.2 Å². The number of benzene rings is 2. The first-order chi connectivity index (χ1) is 16.2. The normalized spacial score (nSPS) is 15.6. The standard InChI is InChI=1S/C24H20ClN3O5S/c1-4-33-23(30)20-14(3)26-24-27(21(20)16-8-5-13(2)6-9-16)22(29)19(34-24)12-15-7-10-17(25)18(11-15)28(31)32/h5-12,21H,4H2,1-3H3/b19-12+/t21-/m0/s1. The van der Waals surface area contributed by atoms with Gasteiger partial charge < -0.3 is 4.74 Å². The van der Waals surface area contributed by atoms with E-state index in [0.29, 0.717) is 26.2 Å². The lowest BCUT2D eigenvalue weighted by Gasteiger charge is -2.24. The molecule has 0 bridgehead atoms. The van der Waals surface area contributed by atoms with Crippen molar-refractivity contribution in [3.63, 3.8) is 0 Å². The van der Waals surface area contributed by atoms with Crippen LogP contribution in [0, 0.1) is 17.0 Å². The van der Waals surface area contributed by atoms with Crippen molar-refractivity contribution in [2.24, 2.45) is 4.99 Å². The van der Waals surface area contributed by atoms with Crippen molar-refractivity contribution in [3.05, 3.63) is 105 Å². The van der Waals surface area contributed by atoms with Crippen molar-refractivity contribution >= 4 is 40.7 Å². The third kappa shape index (κ3) is 4.32. The number of fused-ring (bicyclic) bond motifs is 1. The van der Waals surface area contributed by atoms with Gasteiger partial charge in [-0.25, -0.2) is 9.79 Å². The molecule has 2 aromatic carbocycles. The Morgan fingerprint density at radius 2 is 1.97 bits per heavy atom. The summed E-state index contributed by atoms with van der Waals surface area (Å²) in [5, 5.41) is 11.3. The lowest BCUT2D eigenvalue weighted by atomic mass is 9.95. The van der Waals surface area contributed by atoms with Gasteiger partial charge >= 0.3 is 5.97 Å². The summed E-state index contributed by atoms with van der Waals surface area (Å²) in [5.74, 6) is -0.531. The second-order valence-electron chi connectivity index (χ2n) is 7.68. The third-order valence-electron chi connectivity index (χ3n) is 5.37. The Morgan fingerprint density at radius 3 is 2.62 bits per heavy atom. The van der Waals surface area contributed by atoms with E-state index in [4.69, 9.17) is 16.3 Å². The van der Waals surface area contributed by atoms with E-state index in [1.165, 1.54) is 16.7 Å². The van der Waals surface area contributed by atoms with E-state index in [2.05, 4.69) is 4.99 Å². The predicted molar refractivity (Wildman–Crippen MR) is 130 cm³/mol. The van der Waals surface area contributed by atoms with Crippen molar-refractivity contribution in [1.29, 1.82) is 0 Å². The molecule has 8 nitrogen and oxygen atoms in total. The second kappa shape index (κ2) is 9.36. The summed E-state index contributed by atoms with van der Waals surface area (Å²) in [7, 11) is 0. The fourth-order valence-corrected chi connectivity index (χ4v) is 5.00. The summed E-state index contributed by atoms with van der Waals surface area (Å²) in [5.41, 5.74) is 2.40. The van der Waals surface area contributed by atoms with Gasteiger partial charge in [0.1, 0.15) is 5.02 Å². The van der Waals surface area contributed by atoms with Crippen LogP contribution in [0.1, 0.15) is 36.6 Å². The molecule has 0 aliphatic carbocycles. The minimum absolute atomic E-state index is 0.0117. The van der Waals surface area contributed by atoms with E-state index in [-0.39, 0.29) is 22.9 Å². The lowest BCUT2D eigenvalue weighted by Crippen LogP contribution is -2.39. The smallest absolute Gasteiger partial charge is 0.338 e. The maximum Gasteiger partial charge on any atom is 0.338 e. The number of halogens is 1. The molecule has 0 radical (unpaired) electrons. The molecule has 1 aliphatic rings. The summed E-state index contributed by atoms with van der Waals surface area (Å²) in [4.78, 5) is 42.0. The SMILES string of the molecule is CCOC(=O)C1=C(C)N=c2s/c(=C/c3ccc(Cl)c([N+](=O)[O-])c3)c(=O)n2[C@H]1c1ccc(C)cc1. The van der Waals surface area contributed by atoms with E-state index in [0.717, 1.165) is 22.5 Å². The van der Waals surface area contributed by atoms with Crippen LogP contribution in [0.15, 0.2) is 63.5 Å². The Morgan fingerprint density at radius 1 is 1.26 bits per heavy atom. The number of nitro benzene ring substituents is 1. The number of rotatable bonds is 5. The van der Waals surface area contributed by atoms with Gasteiger partial charge in [-0.05, 0) is 44.0 Å². The molecule has 1 aromatic heterocycles. The molecule has 0 saturated carbocycles. The number of aryl methyl sites for hydroxylation is 1. The molecule has 0 fully saturated rings. The van der Waals surface area contributed by atoms with Gasteiger partial charge in [-0.15, -0.1) is 0 Å². The van der Waals surface area contributed by atoms with E-state index >= 15 is 0 Å². The fourth-order valence-electron chi connectivity index (χ4n) is 3.77. The van der Waals surface area contributed by atoms with E-state index in [9.17, 15) is 19.7 Å². The highest BCUT2D eigenvalue weighted by Crippen LogP contribution is 2.31. The summed E-state index contributed by atoms with van der Waals surface area (Å²) in [6.07, 6.45) is 1.56. The fraction of sp³-hybridized carbons (Fsp3) is 0.208. The molecule has 3 aromatic rings. The molecular formula is C24H20ClN3O5S. The molecule has 0 N–H and O–H groups in total. The molecule has 0 unspecified atom stereocenters.